The van der Waals surface area contributed by atoms with Gasteiger partial charge in [-0.3, -0.25) is 9.59 Å². The number of nitrogens with one attached hydrogen (secondary N) is 1. The van der Waals surface area contributed by atoms with Crippen LogP contribution in [0.5, 0.6) is 0 Å². The van der Waals surface area contributed by atoms with Crippen LogP contribution in [-0.2, 0) is 21.8 Å². The normalized spacial score (nSPS) is 14.9. The van der Waals surface area contributed by atoms with Crippen molar-refractivity contribution in [3.8, 4) is 0 Å². The van der Waals surface area contributed by atoms with Gasteiger partial charge in [-0.1, -0.05) is 73.0 Å². The summed E-state index contributed by atoms with van der Waals surface area (Å²) in [4.78, 5) is 27.8. The van der Waals surface area contributed by atoms with E-state index in [2.05, 4.69) is 48.6 Å². The highest BCUT2D eigenvalue weighted by Gasteiger charge is 2.28. The Kier molecular flexibility index (Phi) is 9.01. The smallest absolute Gasteiger partial charge is 0.242 e. The number of hydrogen-bond donors (Lipinski definition) is 1. The van der Waals surface area contributed by atoms with Crippen molar-refractivity contribution in [1.29, 1.82) is 0 Å². The molecule has 0 heterocycles. The van der Waals surface area contributed by atoms with E-state index in [1.54, 1.807) is 16.7 Å². The molecule has 5 heteroatoms. The third-order valence-corrected chi connectivity index (χ3v) is 6.96. The maximum absolute atomic E-state index is 13.1. The molecule has 0 spiro atoms. The zero-order valence-electron chi connectivity index (χ0n) is 18.7. The maximum Gasteiger partial charge on any atom is 0.242 e. The Bertz CT molecular complexity index is 832. The van der Waals surface area contributed by atoms with Gasteiger partial charge in [0.15, 0.2) is 0 Å². The molecule has 166 valence electrons. The van der Waals surface area contributed by atoms with Gasteiger partial charge in [-0.2, -0.15) is 0 Å². The zero-order chi connectivity index (χ0) is 22.1. The number of carbonyl (C=O) groups excluding carboxylic acids is 2. The molecule has 0 saturated heterocycles. The summed E-state index contributed by atoms with van der Waals surface area (Å²) in [5.41, 5.74) is 3.63. The molecule has 1 N–H and O–H groups in total. The molecule has 4 nitrogen and oxygen atoms in total. The monoisotopic (exact) mass is 438 g/mol. The quantitative estimate of drug-likeness (QED) is 0.583. The summed E-state index contributed by atoms with van der Waals surface area (Å²) in [5, 5.41) is 3.16. The van der Waals surface area contributed by atoms with Crippen LogP contribution in [0.1, 0.15) is 49.3 Å². The average Bonchev–Trinajstić information content (AvgIpc) is 3.29. The van der Waals surface area contributed by atoms with E-state index in [4.69, 9.17) is 0 Å². The third kappa shape index (κ3) is 7.42. The average molecular weight is 439 g/mol. The van der Waals surface area contributed by atoms with Gasteiger partial charge in [0.1, 0.15) is 6.04 Å². The predicted molar refractivity (Wildman–Crippen MR) is 129 cm³/mol. The van der Waals surface area contributed by atoms with Crippen molar-refractivity contribution in [3.05, 3.63) is 71.3 Å². The molecule has 1 fully saturated rings. The molecule has 0 bridgehead atoms. The van der Waals surface area contributed by atoms with Crippen molar-refractivity contribution in [2.75, 3.05) is 12.3 Å². The fourth-order valence-corrected chi connectivity index (χ4v) is 4.86. The SMILES string of the molecule is Cc1ccc(CSCC(=O)N(CCc2ccccc2)[C@@H](C)C(=O)NC2CCCC2)cc1. The Balaban J connectivity index is 1.59. The Morgan fingerprint density at radius 1 is 1.03 bits per heavy atom. The number of nitrogens with zero attached hydrogens (tertiary/aromatic N) is 1. The van der Waals surface area contributed by atoms with E-state index in [1.165, 1.54) is 29.5 Å². The van der Waals surface area contributed by atoms with E-state index < -0.39 is 6.04 Å². The van der Waals surface area contributed by atoms with Crippen LogP contribution in [0.25, 0.3) is 0 Å². The predicted octanol–water partition coefficient (Wildman–Crippen LogP) is 4.75. The topological polar surface area (TPSA) is 49.4 Å². The molecule has 1 saturated carbocycles. The first kappa shape index (κ1) is 23.4. The highest BCUT2D eigenvalue weighted by Crippen LogP contribution is 2.19. The minimum atomic E-state index is -0.461. The van der Waals surface area contributed by atoms with Gasteiger partial charge in [0.25, 0.3) is 0 Å². The molecule has 2 amide bonds. The number of thioether (sulfide) groups is 1. The summed E-state index contributed by atoms with van der Waals surface area (Å²) in [5.74, 6) is 1.17. The lowest BCUT2D eigenvalue weighted by Crippen LogP contribution is -2.51. The molecule has 2 aromatic rings. The lowest BCUT2D eigenvalue weighted by molar-refractivity contribution is -0.138. The van der Waals surface area contributed by atoms with E-state index in [1.807, 2.05) is 25.1 Å². The van der Waals surface area contributed by atoms with Crippen molar-refractivity contribution >= 4 is 23.6 Å². The number of rotatable bonds is 10. The number of hydrogen-bond acceptors (Lipinski definition) is 3. The van der Waals surface area contributed by atoms with Crippen LogP contribution >= 0.6 is 11.8 Å². The molecule has 0 aliphatic heterocycles. The molecule has 0 radical (unpaired) electrons. The first-order valence-corrected chi connectivity index (χ1v) is 12.5. The van der Waals surface area contributed by atoms with Crippen LogP contribution in [0.3, 0.4) is 0 Å². The van der Waals surface area contributed by atoms with Crippen LogP contribution < -0.4 is 5.32 Å². The largest absolute Gasteiger partial charge is 0.352 e. The van der Waals surface area contributed by atoms with Crippen molar-refractivity contribution < 1.29 is 9.59 Å². The molecule has 0 unspecified atom stereocenters. The summed E-state index contributed by atoms with van der Waals surface area (Å²) in [6.45, 7) is 4.48. The van der Waals surface area contributed by atoms with Crippen LogP contribution in [0, 0.1) is 6.92 Å². The van der Waals surface area contributed by atoms with Crippen LogP contribution in [-0.4, -0.2) is 41.1 Å². The molecule has 31 heavy (non-hydrogen) atoms. The summed E-state index contributed by atoms with van der Waals surface area (Å²) < 4.78 is 0. The van der Waals surface area contributed by atoms with Crippen molar-refractivity contribution in [1.82, 2.24) is 10.2 Å². The number of benzene rings is 2. The second-order valence-corrected chi connectivity index (χ2v) is 9.45. The molecular formula is C26H34N2O2S. The number of amides is 2. The van der Waals surface area contributed by atoms with E-state index >= 15 is 0 Å². The molecule has 0 aromatic heterocycles. The van der Waals surface area contributed by atoms with Gasteiger partial charge in [0.05, 0.1) is 5.75 Å². The second kappa shape index (κ2) is 11.9. The molecule has 1 aliphatic rings. The van der Waals surface area contributed by atoms with Crippen molar-refractivity contribution in [2.24, 2.45) is 0 Å². The Hall–Kier alpha value is -2.27. The first-order chi connectivity index (χ1) is 15.0. The fraction of sp³-hybridized carbons (Fsp3) is 0.462. The third-order valence-electron chi connectivity index (χ3n) is 5.97. The van der Waals surface area contributed by atoms with E-state index in [0.29, 0.717) is 12.3 Å². The molecule has 3 rings (SSSR count). The zero-order valence-corrected chi connectivity index (χ0v) is 19.5. The van der Waals surface area contributed by atoms with Crippen LogP contribution in [0.4, 0.5) is 0 Å². The summed E-state index contributed by atoms with van der Waals surface area (Å²) in [6.07, 6.45) is 5.18. The van der Waals surface area contributed by atoms with E-state index in [-0.39, 0.29) is 17.9 Å². The lowest BCUT2D eigenvalue weighted by atomic mass is 10.1. The Morgan fingerprint density at radius 2 is 1.71 bits per heavy atom. The maximum atomic E-state index is 13.1. The van der Waals surface area contributed by atoms with Gasteiger partial charge in [-0.25, -0.2) is 0 Å². The Labute approximate surface area is 190 Å². The molecular weight excluding hydrogens is 404 g/mol. The molecule has 1 atom stereocenters. The minimum absolute atomic E-state index is 0.0297. The van der Waals surface area contributed by atoms with Gasteiger partial charge in [-0.05, 0) is 44.2 Å². The summed E-state index contributed by atoms with van der Waals surface area (Å²) in [6, 6.07) is 18.4. The van der Waals surface area contributed by atoms with Gasteiger partial charge in [0, 0.05) is 18.3 Å². The van der Waals surface area contributed by atoms with Gasteiger partial charge < -0.3 is 10.2 Å². The van der Waals surface area contributed by atoms with E-state index in [0.717, 1.165) is 25.0 Å². The molecule has 2 aromatic carbocycles. The summed E-state index contributed by atoms with van der Waals surface area (Å²) >= 11 is 1.61. The highest BCUT2D eigenvalue weighted by molar-refractivity contribution is 7.99. The second-order valence-electron chi connectivity index (χ2n) is 8.47. The standard InChI is InChI=1S/C26H34N2O2S/c1-20-12-14-23(15-13-20)18-31-19-25(29)28(17-16-22-8-4-3-5-9-22)21(2)26(30)27-24-10-6-7-11-24/h3-5,8-9,12-15,21,24H,6-7,10-11,16-19H2,1-2H3,(H,27,30)/t21-/m0/s1. The van der Waals surface area contributed by atoms with Crippen molar-refractivity contribution in [3.63, 3.8) is 0 Å². The van der Waals surface area contributed by atoms with Crippen LogP contribution in [0.15, 0.2) is 54.6 Å². The minimum Gasteiger partial charge on any atom is -0.352 e. The highest BCUT2D eigenvalue weighted by atomic mass is 32.2. The number of carbonyl (C=O) groups is 2. The summed E-state index contributed by atoms with van der Waals surface area (Å²) in [7, 11) is 0. The van der Waals surface area contributed by atoms with Gasteiger partial charge >= 0.3 is 0 Å². The Morgan fingerprint density at radius 3 is 2.39 bits per heavy atom. The van der Waals surface area contributed by atoms with Gasteiger partial charge in [-0.15, -0.1) is 11.8 Å². The van der Waals surface area contributed by atoms with Crippen molar-refractivity contribution in [2.45, 2.75) is 63.8 Å². The van der Waals surface area contributed by atoms with E-state index in [9.17, 15) is 9.59 Å². The first-order valence-electron chi connectivity index (χ1n) is 11.3. The number of aryl methyl sites for hydroxylation is 1. The molecule has 1 aliphatic carbocycles. The lowest BCUT2D eigenvalue weighted by Gasteiger charge is -2.29. The van der Waals surface area contributed by atoms with Crippen LogP contribution in [0.2, 0.25) is 0 Å². The fourth-order valence-electron chi connectivity index (χ4n) is 3.99. The van der Waals surface area contributed by atoms with Gasteiger partial charge in [0.2, 0.25) is 11.8 Å².